The molecule has 0 saturated heterocycles. The van der Waals surface area contributed by atoms with Gasteiger partial charge in [-0.1, -0.05) is 66.6 Å². The van der Waals surface area contributed by atoms with Crippen LogP contribution in [-0.2, 0) is 11.2 Å². The Morgan fingerprint density at radius 2 is 1.85 bits per heavy atom. The largest absolute Gasteiger partial charge is 0.297 e. The summed E-state index contributed by atoms with van der Waals surface area (Å²) in [7, 11) is 0. The number of aldehydes is 1. The number of rotatable bonds is 4. The van der Waals surface area contributed by atoms with Crippen LogP contribution in [0.3, 0.4) is 0 Å². The van der Waals surface area contributed by atoms with Gasteiger partial charge in [-0.25, -0.2) is 0 Å². The first-order valence-corrected chi connectivity index (χ1v) is 7.04. The molecule has 2 aromatic carbocycles. The zero-order valence-electron chi connectivity index (χ0n) is 11.7. The van der Waals surface area contributed by atoms with E-state index in [4.69, 9.17) is 11.6 Å². The van der Waals surface area contributed by atoms with Crippen molar-refractivity contribution in [2.45, 2.75) is 20.3 Å². The number of halogens is 1. The molecule has 0 radical (unpaired) electrons. The van der Waals surface area contributed by atoms with Crippen LogP contribution < -0.4 is 0 Å². The smallest absolute Gasteiger partial charge is 0.161 e. The Bertz CT molecular complexity index is 639. The molecule has 2 rings (SSSR count). The summed E-state index contributed by atoms with van der Waals surface area (Å²) in [6.07, 6.45) is 3.39. The first-order chi connectivity index (χ1) is 9.63. The maximum Gasteiger partial charge on any atom is 0.161 e. The average Bonchev–Trinajstić information content (AvgIpc) is 2.49. The standard InChI is InChI=1S/C18H17ClO/c1-3-14-5-8-15(9-6-14)18-10-13(2)4-7-16(18)11-17(19)12-20/h4-12H,3H2,1-2H3. The molecule has 2 heteroatoms. The minimum absolute atomic E-state index is 0.209. The Hall–Kier alpha value is -1.86. The van der Waals surface area contributed by atoms with Crippen molar-refractivity contribution in [2.24, 2.45) is 0 Å². The van der Waals surface area contributed by atoms with Gasteiger partial charge in [-0.3, -0.25) is 4.79 Å². The summed E-state index contributed by atoms with van der Waals surface area (Å²) in [4.78, 5) is 10.7. The van der Waals surface area contributed by atoms with Gasteiger partial charge >= 0.3 is 0 Å². The zero-order chi connectivity index (χ0) is 14.5. The lowest BCUT2D eigenvalue weighted by molar-refractivity contribution is -0.104. The van der Waals surface area contributed by atoms with Crippen molar-refractivity contribution in [3.63, 3.8) is 0 Å². The van der Waals surface area contributed by atoms with E-state index in [-0.39, 0.29) is 5.03 Å². The molecule has 102 valence electrons. The summed E-state index contributed by atoms with van der Waals surface area (Å²) in [5.74, 6) is 0. The van der Waals surface area contributed by atoms with E-state index in [2.05, 4.69) is 44.2 Å². The third-order valence-corrected chi connectivity index (χ3v) is 3.49. The minimum atomic E-state index is 0.209. The van der Waals surface area contributed by atoms with Crippen LogP contribution in [0.1, 0.15) is 23.6 Å². The van der Waals surface area contributed by atoms with Gasteiger partial charge in [0, 0.05) is 0 Å². The van der Waals surface area contributed by atoms with Crippen LogP contribution >= 0.6 is 11.6 Å². The first-order valence-electron chi connectivity index (χ1n) is 6.66. The molecular formula is C18H17ClO. The fourth-order valence-electron chi connectivity index (χ4n) is 2.15. The average molecular weight is 285 g/mol. The summed E-state index contributed by atoms with van der Waals surface area (Å²) in [6.45, 7) is 4.19. The molecule has 0 fully saturated rings. The molecule has 0 saturated carbocycles. The van der Waals surface area contributed by atoms with E-state index in [9.17, 15) is 4.79 Å². The van der Waals surface area contributed by atoms with Gasteiger partial charge in [0.2, 0.25) is 0 Å². The molecule has 2 aromatic rings. The van der Waals surface area contributed by atoms with Crippen LogP contribution in [0.4, 0.5) is 0 Å². The Labute approximate surface area is 124 Å². The van der Waals surface area contributed by atoms with Gasteiger partial charge in [0.25, 0.3) is 0 Å². The third-order valence-electron chi connectivity index (χ3n) is 3.29. The minimum Gasteiger partial charge on any atom is -0.297 e. The normalized spacial score (nSPS) is 11.4. The van der Waals surface area contributed by atoms with Crippen molar-refractivity contribution in [1.29, 1.82) is 0 Å². The monoisotopic (exact) mass is 284 g/mol. The van der Waals surface area contributed by atoms with Gasteiger partial charge in [-0.2, -0.15) is 0 Å². The molecule has 0 aromatic heterocycles. The SMILES string of the molecule is CCc1ccc(-c2cc(C)ccc2C=C(Cl)C=O)cc1. The van der Waals surface area contributed by atoms with Crippen molar-refractivity contribution in [2.75, 3.05) is 0 Å². The number of carbonyl (C=O) groups excluding carboxylic acids is 1. The van der Waals surface area contributed by atoms with Gasteiger partial charge in [0.15, 0.2) is 6.29 Å². The maximum absolute atomic E-state index is 10.7. The Morgan fingerprint density at radius 1 is 1.15 bits per heavy atom. The second-order valence-electron chi connectivity index (χ2n) is 4.79. The van der Waals surface area contributed by atoms with Gasteiger partial charge in [-0.05, 0) is 41.7 Å². The quantitative estimate of drug-likeness (QED) is 0.570. The number of hydrogen-bond acceptors (Lipinski definition) is 1. The van der Waals surface area contributed by atoms with Gasteiger partial charge in [-0.15, -0.1) is 0 Å². The van der Waals surface area contributed by atoms with Crippen molar-refractivity contribution in [3.8, 4) is 11.1 Å². The predicted octanol–water partition coefficient (Wildman–Crippen LogP) is 5.00. The Morgan fingerprint density at radius 3 is 2.45 bits per heavy atom. The highest BCUT2D eigenvalue weighted by Gasteiger charge is 2.05. The van der Waals surface area contributed by atoms with Gasteiger partial charge < -0.3 is 0 Å². The van der Waals surface area contributed by atoms with Gasteiger partial charge in [0.05, 0.1) is 5.03 Å². The predicted molar refractivity (Wildman–Crippen MR) is 85.9 cm³/mol. The van der Waals surface area contributed by atoms with Crippen LogP contribution in [0.2, 0.25) is 0 Å². The van der Waals surface area contributed by atoms with E-state index in [1.54, 1.807) is 6.08 Å². The van der Waals surface area contributed by atoms with Crippen LogP contribution in [0.15, 0.2) is 47.5 Å². The lowest BCUT2D eigenvalue weighted by Gasteiger charge is -2.09. The van der Waals surface area contributed by atoms with Crippen LogP contribution in [-0.4, -0.2) is 6.29 Å². The second-order valence-corrected chi connectivity index (χ2v) is 5.22. The molecule has 0 atom stereocenters. The van der Waals surface area contributed by atoms with E-state index in [1.165, 1.54) is 11.1 Å². The number of allylic oxidation sites excluding steroid dienone is 1. The van der Waals surface area contributed by atoms with Crippen LogP contribution in [0.25, 0.3) is 17.2 Å². The first kappa shape index (κ1) is 14.5. The summed E-state index contributed by atoms with van der Waals surface area (Å²) in [5.41, 5.74) is 5.67. The molecule has 0 spiro atoms. The molecule has 0 aliphatic rings. The van der Waals surface area contributed by atoms with E-state index in [0.29, 0.717) is 6.29 Å². The van der Waals surface area contributed by atoms with Crippen LogP contribution in [0, 0.1) is 6.92 Å². The Balaban J connectivity index is 2.53. The van der Waals surface area contributed by atoms with Gasteiger partial charge in [0.1, 0.15) is 0 Å². The van der Waals surface area contributed by atoms with Crippen LogP contribution in [0.5, 0.6) is 0 Å². The highest BCUT2D eigenvalue weighted by Crippen LogP contribution is 2.27. The van der Waals surface area contributed by atoms with E-state index in [1.807, 2.05) is 12.1 Å². The van der Waals surface area contributed by atoms with Crippen molar-refractivity contribution < 1.29 is 4.79 Å². The molecule has 0 heterocycles. The molecule has 20 heavy (non-hydrogen) atoms. The van der Waals surface area contributed by atoms with Crippen molar-refractivity contribution in [1.82, 2.24) is 0 Å². The summed E-state index contributed by atoms with van der Waals surface area (Å²) in [5, 5.41) is 0.209. The van der Waals surface area contributed by atoms with E-state index in [0.717, 1.165) is 23.1 Å². The summed E-state index contributed by atoms with van der Waals surface area (Å²) >= 11 is 5.84. The molecule has 0 amide bonds. The molecule has 0 aliphatic heterocycles. The lowest BCUT2D eigenvalue weighted by atomic mass is 9.96. The molecule has 0 aliphatic carbocycles. The summed E-state index contributed by atoms with van der Waals surface area (Å²) in [6, 6.07) is 14.6. The maximum atomic E-state index is 10.7. The molecule has 0 N–H and O–H groups in total. The second kappa shape index (κ2) is 6.53. The fraction of sp³-hybridized carbons (Fsp3) is 0.167. The number of hydrogen-bond donors (Lipinski definition) is 0. The lowest BCUT2D eigenvalue weighted by Crippen LogP contribution is -1.87. The number of aryl methyl sites for hydroxylation is 2. The molecular weight excluding hydrogens is 268 g/mol. The highest BCUT2D eigenvalue weighted by atomic mass is 35.5. The zero-order valence-corrected chi connectivity index (χ0v) is 12.4. The Kier molecular flexibility index (Phi) is 4.75. The van der Waals surface area contributed by atoms with E-state index >= 15 is 0 Å². The molecule has 0 bridgehead atoms. The third kappa shape index (κ3) is 3.37. The fourth-order valence-corrected chi connectivity index (χ4v) is 2.27. The van der Waals surface area contributed by atoms with E-state index < -0.39 is 0 Å². The number of carbonyl (C=O) groups is 1. The van der Waals surface area contributed by atoms with Crippen molar-refractivity contribution >= 4 is 24.0 Å². The molecule has 0 unspecified atom stereocenters. The van der Waals surface area contributed by atoms with Crippen molar-refractivity contribution in [3.05, 3.63) is 64.2 Å². The summed E-state index contributed by atoms with van der Waals surface area (Å²) < 4.78 is 0. The number of benzene rings is 2. The highest BCUT2D eigenvalue weighted by molar-refractivity contribution is 6.40. The topological polar surface area (TPSA) is 17.1 Å². The molecule has 1 nitrogen and oxygen atoms in total.